The van der Waals surface area contributed by atoms with Gasteiger partial charge in [-0.05, 0) is 26.8 Å². The summed E-state index contributed by atoms with van der Waals surface area (Å²) >= 11 is 0. The highest BCUT2D eigenvalue weighted by atomic mass is 16.5. The van der Waals surface area contributed by atoms with Gasteiger partial charge in [-0.1, -0.05) is 13.8 Å². The summed E-state index contributed by atoms with van der Waals surface area (Å²) in [5, 5.41) is 2.93. The van der Waals surface area contributed by atoms with Crippen LogP contribution in [0.4, 0.5) is 0 Å². The van der Waals surface area contributed by atoms with Crippen molar-refractivity contribution in [1.29, 1.82) is 0 Å². The van der Waals surface area contributed by atoms with Crippen LogP contribution in [-0.2, 0) is 9.53 Å². The third-order valence-electron chi connectivity index (χ3n) is 1.58. The Labute approximate surface area is 74.5 Å². The lowest BCUT2D eigenvalue weighted by Gasteiger charge is -2.19. The van der Waals surface area contributed by atoms with Gasteiger partial charge in [0.1, 0.15) is 6.04 Å². The van der Waals surface area contributed by atoms with Gasteiger partial charge in [0.25, 0.3) is 0 Å². The van der Waals surface area contributed by atoms with Crippen LogP contribution in [0, 0.1) is 5.92 Å². The van der Waals surface area contributed by atoms with E-state index in [2.05, 4.69) is 5.32 Å². The monoisotopic (exact) mass is 173 g/mol. The van der Waals surface area contributed by atoms with Gasteiger partial charge in [-0.15, -0.1) is 0 Å². The van der Waals surface area contributed by atoms with Crippen LogP contribution in [0.15, 0.2) is 0 Å². The molecule has 72 valence electrons. The molecule has 0 heterocycles. The number of carbonyl (C=O) groups is 1. The Morgan fingerprint density at radius 1 is 1.25 bits per heavy atom. The van der Waals surface area contributed by atoms with Crippen LogP contribution in [-0.4, -0.2) is 25.2 Å². The molecule has 0 unspecified atom stereocenters. The standard InChI is InChI=1S/C9H19NO2/c1-6(2)8(10-5)9(11)12-7(3)4/h6-8,10H,1-5H3/t8-/m1/s1. The number of hydrogen-bond donors (Lipinski definition) is 1. The summed E-state index contributed by atoms with van der Waals surface area (Å²) in [4.78, 5) is 11.3. The highest BCUT2D eigenvalue weighted by molar-refractivity contribution is 5.76. The summed E-state index contributed by atoms with van der Waals surface area (Å²) in [6.07, 6.45) is -0.0351. The molecule has 0 saturated heterocycles. The van der Waals surface area contributed by atoms with Gasteiger partial charge in [-0.25, -0.2) is 0 Å². The zero-order valence-electron chi connectivity index (χ0n) is 8.55. The van der Waals surface area contributed by atoms with Gasteiger partial charge in [0.05, 0.1) is 6.10 Å². The smallest absolute Gasteiger partial charge is 0.323 e. The summed E-state index contributed by atoms with van der Waals surface area (Å²) in [6, 6.07) is -0.188. The Bertz CT molecular complexity index is 143. The second-order valence-electron chi connectivity index (χ2n) is 3.50. The molecule has 12 heavy (non-hydrogen) atoms. The average molecular weight is 173 g/mol. The molecule has 0 bridgehead atoms. The number of likely N-dealkylation sites (N-methyl/N-ethyl adjacent to an activating group) is 1. The predicted molar refractivity (Wildman–Crippen MR) is 48.9 cm³/mol. The summed E-state index contributed by atoms with van der Waals surface area (Å²) in [5.74, 6) is 0.101. The van der Waals surface area contributed by atoms with Crippen LogP contribution >= 0.6 is 0 Å². The van der Waals surface area contributed by atoms with E-state index in [1.54, 1.807) is 7.05 Å². The first kappa shape index (κ1) is 11.4. The van der Waals surface area contributed by atoms with E-state index in [1.807, 2.05) is 27.7 Å². The van der Waals surface area contributed by atoms with Gasteiger partial charge in [-0.3, -0.25) is 4.79 Å². The van der Waals surface area contributed by atoms with Crippen molar-refractivity contribution in [3.05, 3.63) is 0 Å². The number of hydrogen-bond acceptors (Lipinski definition) is 3. The van der Waals surface area contributed by atoms with E-state index >= 15 is 0 Å². The first-order valence-corrected chi connectivity index (χ1v) is 4.36. The van der Waals surface area contributed by atoms with E-state index in [1.165, 1.54) is 0 Å². The van der Waals surface area contributed by atoms with E-state index < -0.39 is 0 Å². The van der Waals surface area contributed by atoms with Crippen molar-refractivity contribution in [3.8, 4) is 0 Å². The molecule has 0 aliphatic rings. The molecule has 0 saturated carbocycles. The zero-order valence-corrected chi connectivity index (χ0v) is 8.55. The molecule has 0 aromatic carbocycles. The van der Waals surface area contributed by atoms with Gasteiger partial charge >= 0.3 is 5.97 Å². The molecular weight excluding hydrogens is 154 g/mol. The summed E-state index contributed by atoms with van der Waals surface area (Å²) in [6.45, 7) is 7.68. The van der Waals surface area contributed by atoms with Crippen molar-refractivity contribution in [2.45, 2.75) is 39.8 Å². The van der Waals surface area contributed by atoms with Crippen molar-refractivity contribution in [3.63, 3.8) is 0 Å². The highest BCUT2D eigenvalue weighted by Gasteiger charge is 2.21. The molecule has 0 aromatic heterocycles. The molecule has 0 fully saturated rings. The Kier molecular flexibility index (Phi) is 4.90. The first-order valence-electron chi connectivity index (χ1n) is 4.36. The third-order valence-corrected chi connectivity index (χ3v) is 1.58. The predicted octanol–water partition coefficient (Wildman–Crippen LogP) is 1.18. The Balaban J connectivity index is 4.04. The Hall–Kier alpha value is -0.570. The quantitative estimate of drug-likeness (QED) is 0.649. The second kappa shape index (κ2) is 5.14. The molecule has 0 radical (unpaired) electrons. The maximum Gasteiger partial charge on any atom is 0.323 e. The van der Waals surface area contributed by atoms with Gasteiger partial charge in [0.2, 0.25) is 0 Å². The van der Waals surface area contributed by atoms with Gasteiger partial charge in [0.15, 0.2) is 0 Å². The Morgan fingerprint density at radius 2 is 1.75 bits per heavy atom. The minimum Gasteiger partial charge on any atom is -0.462 e. The molecular formula is C9H19NO2. The van der Waals surface area contributed by atoms with Gasteiger partial charge < -0.3 is 10.1 Å². The fraction of sp³-hybridized carbons (Fsp3) is 0.889. The molecule has 0 aliphatic carbocycles. The van der Waals surface area contributed by atoms with E-state index in [0.29, 0.717) is 0 Å². The molecule has 1 atom stereocenters. The number of rotatable bonds is 4. The molecule has 0 aliphatic heterocycles. The van der Waals surface area contributed by atoms with Crippen molar-refractivity contribution in [1.82, 2.24) is 5.32 Å². The number of esters is 1. The lowest BCUT2D eigenvalue weighted by molar-refractivity contribution is -0.151. The van der Waals surface area contributed by atoms with Crippen LogP contribution in [0.25, 0.3) is 0 Å². The fourth-order valence-corrected chi connectivity index (χ4v) is 1.03. The van der Waals surface area contributed by atoms with Crippen molar-refractivity contribution >= 4 is 5.97 Å². The summed E-state index contributed by atoms with van der Waals surface area (Å²) in [5.41, 5.74) is 0. The topological polar surface area (TPSA) is 38.3 Å². The summed E-state index contributed by atoms with van der Waals surface area (Å²) in [7, 11) is 1.77. The molecule has 1 N–H and O–H groups in total. The SMILES string of the molecule is CN[C@@H](C(=O)OC(C)C)C(C)C. The average Bonchev–Trinajstić information content (AvgIpc) is 1.85. The van der Waals surface area contributed by atoms with Crippen molar-refractivity contribution in [2.75, 3.05) is 7.05 Å². The van der Waals surface area contributed by atoms with E-state index in [0.717, 1.165) is 0 Å². The minimum atomic E-state index is -0.188. The van der Waals surface area contributed by atoms with Gasteiger partial charge in [0, 0.05) is 0 Å². The van der Waals surface area contributed by atoms with Crippen LogP contribution in [0.5, 0.6) is 0 Å². The lowest BCUT2D eigenvalue weighted by atomic mass is 10.1. The lowest BCUT2D eigenvalue weighted by Crippen LogP contribution is -2.40. The normalized spacial score (nSPS) is 13.6. The zero-order chi connectivity index (χ0) is 9.72. The first-order chi connectivity index (χ1) is 5.49. The molecule has 0 spiro atoms. The van der Waals surface area contributed by atoms with Crippen LogP contribution in [0.1, 0.15) is 27.7 Å². The Morgan fingerprint density at radius 3 is 2.00 bits per heavy atom. The summed E-state index contributed by atoms with van der Waals surface area (Å²) < 4.78 is 5.06. The molecule has 0 rings (SSSR count). The maximum atomic E-state index is 11.3. The fourth-order valence-electron chi connectivity index (χ4n) is 1.03. The molecule has 3 heteroatoms. The van der Waals surface area contributed by atoms with E-state index in [4.69, 9.17) is 4.74 Å². The van der Waals surface area contributed by atoms with Crippen molar-refractivity contribution in [2.24, 2.45) is 5.92 Å². The second-order valence-corrected chi connectivity index (χ2v) is 3.50. The third kappa shape index (κ3) is 3.72. The van der Waals surface area contributed by atoms with Crippen molar-refractivity contribution < 1.29 is 9.53 Å². The van der Waals surface area contributed by atoms with Gasteiger partial charge in [-0.2, -0.15) is 0 Å². The molecule has 0 amide bonds. The number of ether oxygens (including phenoxy) is 1. The van der Waals surface area contributed by atoms with Crippen LogP contribution < -0.4 is 5.32 Å². The molecule has 3 nitrogen and oxygen atoms in total. The van der Waals surface area contributed by atoms with Crippen LogP contribution in [0.3, 0.4) is 0 Å². The number of nitrogens with one attached hydrogen (secondary N) is 1. The minimum absolute atomic E-state index is 0.0351. The van der Waals surface area contributed by atoms with E-state index in [9.17, 15) is 4.79 Å². The maximum absolute atomic E-state index is 11.3. The highest BCUT2D eigenvalue weighted by Crippen LogP contribution is 2.04. The van der Waals surface area contributed by atoms with E-state index in [-0.39, 0.29) is 24.0 Å². The molecule has 0 aromatic rings. The largest absolute Gasteiger partial charge is 0.462 e. The van der Waals surface area contributed by atoms with Crippen LogP contribution in [0.2, 0.25) is 0 Å². The number of carbonyl (C=O) groups excluding carboxylic acids is 1.